The summed E-state index contributed by atoms with van der Waals surface area (Å²) in [5.41, 5.74) is 3.02. The Bertz CT molecular complexity index is 1400. The SMILES string of the molecule is CCCCCN(C(C)=O)[C@@H](C)C1=NC2C=CC(C#CC3=CC=c4[nH]c([C@@H]5CCCN5)nc4=CC3)=CC=C2N1. The van der Waals surface area contributed by atoms with Crippen molar-refractivity contribution >= 4 is 23.9 Å². The predicted molar refractivity (Wildman–Crippen MR) is 153 cm³/mol. The van der Waals surface area contributed by atoms with E-state index >= 15 is 0 Å². The Morgan fingerprint density at radius 3 is 2.89 bits per heavy atom. The van der Waals surface area contributed by atoms with Crippen LogP contribution in [0.3, 0.4) is 0 Å². The van der Waals surface area contributed by atoms with Gasteiger partial charge in [0, 0.05) is 36.7 Å². The number of hydrogen-bond donors (Lipinski definition) is 3. The van der Waals surface area contributed by atoms with E-state index in [4.69, 9.17) is 9.98 Å². The summed E-state index contributed by atoms with van der Waals surface area (Å²) in [6, 6.07) is 0.181. The molecule has 0 radical (unpaired) electrons. The lowest BCUT2D eigenvalue weighted by molar-refractivity contribution is -0.129. The monoisotopic (exact) mass is 510 g/mol. The third kappa shape index (κ3) is 5.92. The number of amidine groups is 1. The first-order valence-electron chi connectivity index (χ1n) is 14.0. The lowest BCUT2D eigenvalue weighted by Gasteiger charge is -2.28. The maximum Gasteiger partial charge on any atom is 0.220 e. The number of amides is 1. The number of allylic oxidation sites excluding steroid dienone is 6. The molecule has 0 bridgehead atoms. The van der Waals surface area contributed by atoms with Crippen LogP contribution in [0.5, 0.6) is 0 Å². The Labute approximate surface area is 225 Å². The topological polar surface area (TPSA) is 85.4 Å². The molecule has 3 N–H and O–H groups in total. The molecule has 1 aromatic rings. The van der Waals surface area contributed by atoms with Crippen molar-refractivity contribution in [2.45, 2.75) is 77.4 Å². The van der Waals surface area contributed by atoms with Crippen LogP contribution in [-0.4, -0.2) is 51.8 Å². The van der Waals surface area contributed by atoms with Crippen LogP contribution in [0.4, 0.5) is 0 Å². The molecule has 1 amide bonds. The Hall–Kier alpha value is -3.63. The summed E-state index contributed by atoms with van der Waals surface area (Å²) in [5.74, 6) is 8.63. The van der Waals surface area contributed by atoms with Crippen molar-refractivity contribution in [1.29, 1.82) is 0 Å². The molecule has 2 aliphatic heterocycles. The molecule has 3 heterocycles. The van der Waals surface area contributed by atoms with E-state index < -0.39 is 0 Å². The number of H-pyrrole nitrogens is 1. The van der Waals surface area contributed by atoms with E-state index in [0.717, 1.165) is 84.4 Å². The molecule has 1 aromatic heterocycles. The molecule has 0 spiro atoms. The number of aromatic amines is 1. The van der Waals surface area contributed by atoms with E-state index in [2.05, 4.69) is 64.8 Å². The summed E-state index contributed by atoms with van der Waals surface area (Å²) in [4.78, 5) is 27.4. The third-order valence-corrected chi connectivity index (χ3v) is 7.54. The summed E-state index contributed by atoms with van der Waals surface area (Å²) in [6.07, 6.45) is 20.9. The van der Waals surface area contributed by atoms with Gasteiger partial charge < -0.3 is 20.5 Å². The van der Waals surface area contributed by atoms with Gasteiger partial charge >= 0.3 is 0 Å². The van der Waals surface area contributed by atoms with E-state index in [1.807, 2.05) is 24.0 Å². The average molecular weight is 511 g/mol. The van der Waals surface area contributed by atoms with Crippen LogP contribution in [0.2, 0.25) is 0 Å². The van der Waals surface area contributed by atoms with Crippen LogP contribution >= 0.6 is 0 Å². The lowest BCUT2D eigenvalue weighted by atomic mass is 10.1. The quantitative estimate of drug-likeness (QED) is 0.389. The summed E-state index contributed by atoms with van der Waals surface area (Å²) in [5, 5.41) is 9.03. The molecule has 7 nitrogen and oxygen atoms in total. The maximum absolute atomic E-state index is 12.3. The third-order valence-electron chi connectivity index (χ3n) is 7.54. The van der Waals surface area contributed by atoms with Gasteiger partial charge in [-0.3, -0.25) is 9.79 Å². The first-order chi connectivity index (χ1) is 18.5. The van der Waals surface area contributed by atoms with Crippen molar-refractivity contribution in [3.63, 3.8) is 0 Å². The number of rotatable bonds is 7. The average Bonchev–Trinajstić information content (AvgIpc) is 3.62. The smallest absolute Gasteiger partial charge is 0.220 e. The highest BCUT2D eigenvalue weighted by Gasteiger charge is 2.29. The fraction of sp³-hybridized carbons (Fsp3) is 0.452. The number of unbranched alkanes of at least 4 members (excludes halogenated alkanes) is 2. The van der Waals surface area contributed by atoms with E-state index in [1.165, 1.54) is 6.42 Å². The Kier molecular flexibility index (Phi) is 8.09. The van der Waals surface area contributed by atoms with Crippen LogP contribution in [0.25, 0.3) is 12.2 Å². The molecule has 1 saturated heterocycles. The van der Waals surface area contributed by atoms with Gasteiger partial charge in [-0.25, -0.2) is 4.98 Å². The highest BCUT2D eigenvalue weighted by molar-refractivity contribution is 5.94. The second kappa shape index (κ2) is 11.8. The summed E-state index contributed by atoms with van der Waals surface area (Å²) in [7, 11) is 0. The zero-order chi connectivity index (χ0) is 26.5. The molecule has 2 aliphatic carbocycles. The fourth-order valence-corrected chi connectivity index (χ4v) is 5.28. The number of aromatic nitrogens is 2. The number of nitrogens with one attached hydrogen (secondary N) is 3. The molecule has 38 heavy (non-hydrogen) atoms. The molecule has 7 heteroatoms. The largest absolute Gasteiger partial charge is 0.344 e. The molecule has 5 rings (SSSR count). The molecule has 1 fully saturated rings. The Morgan fingerprint density at radius 2 is 2.11 bits per heavy atom. The van der Waals surface area contributed by atoms with Crippen LogP contribution in [0, 0.1) is 11.8 Å². The van der Waals surface area contributed by atoms with Crippen LogP contribution in [-0.2, 0) is 4.79 Å². The minimum Gasteiger partial charge on any atom is -0.344 e. The van der Waals surface area contributed by atoms with E-state index in [1.54, 1.807) is 6.92 Å². The molecule has 0 aromatic carbocycles. The van der Waals surface area contributed by atoms with Crippen molar-refractivity contribution in [3.8, 4) is 11.8 Å². The number of nitrogens with zero attached hydrogens (tertiary/aromatic N) is 3. The second-order valence-corrected chi connectivity index (χ2v) is 10.4. The number of carbonyl (C=O) groups is 1. The van der Waals surface area contributed by atoms with Gasteiger partial charge in [-0.05, 0) is 63.1 Å². The molecular weight excluding hydrogens is 472 g/mol. The van der Waals surface area contributed by atoms with Gasteiger partial charge in [0.25, 0.3) is 0 Å². The molecule has 0 saturated carbocycles. The summed E-state index contributed by atoms with van der Waals surface area (Å²) >= 11 is 0. The van der Waals surface area contributed by atoms with Crippen molar-refractivity contribution < 1.29 is 4.79 Å². The Balaban J connectivity index is 1.24. The van der Waals surface area contributed by atoms with Gasteiger partial charge in [-0.2, -0.15) is 0 Å². The summed E-state index contributed by atoms with van der Waals surface area (Å²) < 4.78 is 0. The first-order valence-corrected chi connectivity index (χ1v) is 14.0. The van der Waals surface area contributed by atoms with Gasteiger partial charge in [-0.15, -0.1) is 0 Å². The van der Waals surface area contributed by atoms with E-state index in [-0.39, 0.29) is 18.0 Å². The molecule has 3 atom stereocenters. The van der Waals surface area contributed by atoms with Crippen molar-refractivity contribution in [1.82, 2.24) is 25.5 Å². The van der Waals surface area contributed by atoms with Gasteiger partial charge in [-0.1, -0.05) is 43.8 Å². The first kappa shape index (κ1) is 26.0. The summed E-state index contributed by atoms with van der Waals surface area (Å²) in [6.45, 7) is 7.68. The van der Waals surface area contributed by atoms with E-state index in [0.29, 0.717) is 6.04 Å². The normalized spacial score (nSPS) is 22.4. The predicted octanol–water partition coefficient (Wildman–Crippen LogP) is 2.91. The van der Waals surface area contributed by atoms with Crippen LogP contribution < -0.4 is 21.3 Å². The highest BCUT2D eigenvalue weighted by atomic mass is 16.2. The fourth-order valence-electron chi connectivity index (χ4n) is 5.28. The minimum absolute atomic E-state index is 0.0779. The number of carbonyl (C=O) groups excluding carboxylic acids is 1. The van der Waals surface area contributed by atoms with Crippen molar-refractivity contribution in [2.24, 2.45) is 4.99 Å². The van der Waals surface area contributed by atoms with Gasteiger partial charge in [0.2, 0.25) is 5.91 Å². The second-order valence-electron chi connectivity index (χ2n) is 10.4. The van der Waals surface area contributed by atoms with Gasteiger partial charge in [0.05, 0.1) is 22.8 Å². The van der Waals surface area contributed by atoms with E-state index in [9.17, 15) is 4.79 Å². The number of imidazole rings is 1. The molecule has 198 valence electrons. The van der Waals surface area contributed by atoms with Crippen LogP contribution in [0.15, 0.2) is 52.2 Å². The number of hydrogen-bond acceptors (Lipinski definition) is 5. The molecule has 4 aliphatic rings. The van der Waals surface area contributed by atoms with Gasteiger partial charge in [0.1, 0.15) is 17.7 Å². The number of aliphatic imine (C=N–C) groups is 1. The highest BCUT2D eigenvalue weighted by Crippen LogP contribution is 2.21. The van der Waals surface area contributed by atoms with Crippen LogP contribution in [0.1, 0.15) is 71.2 Å². The lowest BCUT2D eigenvalue weighted by Crippen LogP contribution is -2.46. The maximum atomic E-state index is 12.3. The zero-order valence-electron chi connectivity index (χ0n) is 22.7. The number of fused-ring (bicyclic) bond motifs is 2. The minimum atomic E-state index is -0.0805. The molecular formula is C31H38N6O. The standard InChI is InChI=1S/C31H38N6O/c1-4-5-6-20-37(22(3)38)21(2)30-33-25-15-11-23(12-16-26(25)34-30)9-10-24-13-17-27-28(18-14-24)36-31(35-27)29-8-7-19-32-29/h11-13,15-18,21,25,29,32H,4-8,14,19-20H2,1-3H3,(H,33,34)(H,35,36)/t21-,25?,29-/m0/s1. The Morgan fingerprint density at radius 1 is 1.21 bits per heavy atom. The molecule has 1 unspecified atom stereocenters. The zero-order valence-corrected chi connectivity index (χ0v) is 22.7. The van der Waals surface area contributed by atoms with Gasteiger partial charge in [0.15, 0.2) is 0 Å². The van der Waals surface area contributed by atoms with Crippen molar-refractivity contribution in [2.75, 3.05) is 13.1 Å². The van der Waals surface area contributed by atoms with Crippen molar-refractivity contribution in [3.05, 3.63) is 63.7 Å².